The van der Waals surface area contributed by atoms with E-state index in [1.165, 1.54) is 6.92 Å². The van der Waals surface area contributed by atoms with Crippen molar-refractivity contribution in [1.29, 1.82) is 0 Å². The van der Waals surface area contributed by atoms with Crippen molar-refractivity contribution in [3.05, 3.63) is 0 Å². The molecule has 0 bridgehead atoms. The van der Waals surface area contributed by atoms with Crippen LogP contribution in [0.15, 0.2) is 0 Å². The van der Waals surface area contributed by atoms with Gasteiger partial charge in [-0.05, 0) is 39.8 Å². The molecule has 4 atom stereocenters. The topological polar surface area (TPSA) is 116 Å². The van der Waals surface area contributed by atoms with Crippen LogP contribution in [0.25, 0.3) is 0 Å². The summed E-state index contributed by atoms with van der Waals surface area (Å²) in [5.74, 6) is -1.41. The molecule has 8 nitrogen and oxygen atoms in total. The van der Waals surface area contributed by atoms with Gasteiger partial charge in [0.1, 0.15) is 6.04 Å². The number of amides is 3. The second-order valence-electron chi connectivity index (χ2n) is 6.54. The van der Waals surface area contributed by atoms with Crippen LogP contribution in [0.4, 0.5) is 0 Å². The minimum absolute atomic E-state index is 0.0716. The van der Waals surface area contributed by atoms with Gasteiger partial charge < -0.3 is 21.1 Å². The number of hydrogen-bond donors (Lipinski definition) is 3. The lowest BCUT2D eigenvalue weighted by Crippen LogP contribution is -2.52. The fourth-order valence-corrected chi connectivity index (χ4v) is 3.31. The maximum Gasteiger partial charge on any atom is 0.242 e. The van der Waals surface area contributed by atoms with E-state index in [9.17, 15) is 19.5 Å². The molecule has 130 valence electrons. The zero-order valence-electron chi connectivity index (χ0n) is 13.7. The van der Waals surface area contributed by atoms with Crippen LogP contribution in [0, 0.1) is 5.92 Å². The molecule has 2 fully saturated rings. The second kappa shape index (κ2) is 7.27. The lowest BCUT2D eigenvalue weighted by Gasteiger charge is -2.25. The van der Waals surface area contributed by atoms with Gasteiger partial charge in [-0.25, -0.2) is 0 Å². The van der Waals surface area contributed by atoms with Crippen molar-refractivity contribution in [3.8, 4) is 0 Å². The van der Waals surface area contributed by atoms with Crippen LogP contribution in [0.2, 0.25) is 0 Å². The zero-order valence-corrected chi connectivity index (χ0v) is 13.7. The van der Waals surface area contributed by atoms with Gasteiger partial charge in [-0.2, -0.15) is 0 Å². The van der Waals surface area contributed by atoms with E-state index >= 15 is 0 Å². The Morgan fingerprint density at radius 2 is 1.96 bits per heavy atom. The van der Waals surface area contributed by atoms with Crippen molar-refractivity contribution in [2.75, 3.05) is 26.7 Å². The SMILES string of the molecule is C[C@@H](O)[C@H](NC(=O)[C@H]1CCN(C(=O)[C@@H]2CCCN2C)C1)C(N)=O. The van der Waals surface area contributed by atoms with E-state index in [1.54, 1.807) is 4.90 Å². The highest BCUT2D eigenvalue weighted by Crippen LogP contribution is 2.22. The molecule has 0 radical (unpaired) electrons. The first-order valence-electron chi connectivity index (χ1n) is 8.08. The summed E-state index contributed by atoms with van der Waals surface area (Å²) in [5.41, 5.74) is 5.17. The van der Waals surface area contributed by atoms with Crippen LogP contribution in [-0.2, 0) is 14.4 Å². The smallest absolute Gasteiger partial charge is 0.242 e. The number of aliphatic hydroxyl groups excluding tert-OH is 1. The van der Waals surface area contributed by atoms with Crippen LogP contribution in [-0.4, -0.2) is 77.5 Å². The summed E-state index contributed by atoms with van der Waals surface area (Å²) in [6.07, 6.45) is 1.37. The van der Waals surface area contributed by atoms with Gasteiger partial charge in [0.25, 0.3) is 0 Å². The van der Waals surface area contributed by atoms with Crippen LogP contribution in [0.3, 0.4) is 0 Å². The first-order valence-corrected chi connectivity index (χ1v) is 8.08. The van der Waals surface area contributed by atoms with Crippen molar-refractivity contribution in [3.63, 3.8) is 0 Å². The second-order valence-corrected chi connectivity index (χ2v) is 6.54. The number of carbonyl (C=O) groups excluding carboxylic acids is 3. The molecule has 0 aromatic carbocycles. The molecule has 2 heterocycles. The number of nitrogens with zero attached hydrogens (tertiary/aromatic N) is 2. The van der Waals surface area contributed by atoms with Crippen LogP contribution in [0.5, 0.6) is 0 Å². The predicted molar refractivity (Wildman–Crippen MR) is 83.1 cm³/mol. The molecule has 0 aromatic heterocycles. The van der Waals surface area contributed by atoms with Crippen molar-refractivity contribution in [1.82, 2.24) is 15.1 Å². The molecule has 2 aliphatic heterocycles. The Bertz CT molecular complexity index is 482. The number of rotatable bonds is 5. The molecule has 0 aromatic rings. The van der Waals surface area contributed by atoms with Crippen molar-refractivity contribution < 1.29 is 19.5 Å². The summed E-state index contributed by atoms with van der Waals surface area (Å²) >= 11 is 0. The van der Waals surface area contributed by atoms with Crippen molar-refractivity contribution in [2.24, 2.45) is 11.7 Å². The van der Waals surface area contributed by atoms with Crippen LogP contribution < -0.4 is 11.1 Å². The van der Waals surface area contributed by atoms with Crippen molar-refractivity contribution in [2.45, 2.75) is 44.4 Å². The maximum atomic E-state index is 12.5. The van der Waals surface area contributed by atoms with Gasteiger partial charge in [-0.15, -0.1) is 0 Å². The third kappa shape index (κ3) is 4.00. The van der Waals surface area contributed by atoms with Crippen LogP contribution >= 0.6 is 0 Å². The number of likely N-dealkylation sites (tertiary alicyclic amines) is 2. The Hall–Kier alpha value is -1.67. The summed E-state index contributed by atoms with van der Waals surface area (Å²) in [4.78, 5) is 39.8. The molecule has 0 aliphatic carbocycles. The molecule has 0 unspecified atom stereocenters. The van der Waals surface area contributed by atoms with Gasteiger partial charge >= 0.3 is 0 Å². The normalized spacial score (nSPS) is 27.7. The zero-order chi connectivity index (χ0) is 17.1. The average Bonchev–Trinajstić information content (AvgIpc) is 3.11. The Balaban J connectivity index is 1.90. The fraction of sp³-hybridized carbons (Fsp3) is 0.800. The number of likely N-dealkylation sites (N-methyl/N-ethyl adjacent to an activating group) is 1. The average molecular weight is 326 g/mol. The van der Waals surface area contributed by atoms with E-state index in [0.29, 0.717) is 19.5 Å². The Labute approximate surface area is 136 Å². The van der Waals surface area contributed by atoms with Crippen LogP contribution in [0.1, 0.15) is 26.2 Å². The predicted octanol–water partition coefficient (Wildman–Crippen LogP) is -1.72. The lowest BCUT2D eigenvalue weighted by atomic mass is 10.1. The van der Waals surface area contributed by atoms with E-state index in [4.69, 9.17) is 5.73 Å². The van der Waals surface area contributed by atoms with Gasteiger partial charge in [0.05, 0.1) is 18.1 Å². The van der Waals surface area contributed by atoms with Gasteiger partial charge in [-0.3, -0.25) is 19.3 Å². The number of nitrogens with one attached hydrogen (secondary N) is 1. The highest BCUT2D eigenvalue weighted by Gasteiger charge is 2.38. The maximum absolute atomic E-state index is 12.5. The van der Waals surface area contributed by atoms with E-state index in [2.05, 4.69) is 5.32 Å². The van der Waals surface area contributed by atoms with Crippen molar-refractivity contribution >= 4 is 17.7 Å². The third-order valence-corrected chi connectivity index (χ3v) is 4.76. The minimum Gasteiger partial charge on any atom is -0.391 e. The summed E-state index contributed by atoms with van der Waals surface area (Å²) in [6.45, 7) is 3.20. The van der Waals surface area contributed by atoms with E-state index in [-0.39, 0.29) is 23.8 Å². The fourth-order valence-electron chi connectivity index (χ4n) is 3.31. The molecule has 4 N–H and O–H groups in total. The Morgan fingerprint density at radius 3 is 2.48 bits per heavy atom. The molecular formula is C15H26N4O4. The summed E-state index contributed by atoms with van der Waals surface area (Å²) < 4.78 is 0. The summed E-state index contributed by atoms with van der Waals surface area (Å²) in [6, 6.07) is -1.19. The summed E-state index contributed by atoms with van der Waals surface area (Å²) in [5, 5.41) is 12.0. The van der Waals surface area contributed by atoms with Gasteiger partial charge in [0.2, 0.25) is 17.7 Å². The molecule has 2 aliphatic rings. The molecule has 23 heavy (non-hydrogen) atoms. The lowest BCUT2D eigenvalue weighted by molar-refractivity contribution is -0.135. The Morgan fingerprint density at radius 1 is 1.26 bits per heavy atom. The molecule has 0 spiro atoms. The third-order valence-electron chi connectivity index (χ3n) is 4.76. The highest BCUT2D eigenvalue weighted by atomic mass is 16.3. The van der Waals surface area contributed by atoms with Gasteiger partial charge in [0.15, 0.2) is 0 Å². The highest BCUT2D eigenvalue weighted by molar-refractivity contribution is 5.89. The van der Waals surface area contributed by atoms with Gasteiger partial charge in [0, 0.05) is 13.1 Å². The first-order chi connectivity index (χ1) is 10.8. The number of primary amides is 1. The van der Waals surface area contributed by atoms with E-state index < -0.39 is 18.1 Å². The first kappa shape index (κ1) is 17.7. The van der Waals surface area contributed by atoms with Gasteiger partial charge in [-0.1, -0.05) is 0 Å². The quantitative estimate of drug-likeness (QED) is 0.556. The largest absolute Gasteiger partial charge is 0.391 e. The monoisotopic (exact) mass is 326 g/mol. The standard InChI is InChI=1S/C15H26N4O4/c1-9(20)12(13(16)21)17-14(22)10-5-7-19(8-10)15(23)11-4-3-6-18(11)2/h9-12,20H,3-8H2,1-2H3,(H2,16,21)(H,17,22)/t9-,10+,11+,12+/m1/s1. The number of nitrogens with two attached hydrogens (primary N) is 1. The minimum atomic E-state index is -1.10. The number of carbonyl (C=O) groups is 3. The van der Waals surface area contributed by atoms with E-state index in [0.717, 1.165) is 19.4 Å². The Kier molecular flexibility index (Phi) is 5.59. The molecule has 0 saturated carbocycles. The number of hydrogen-bond acceptors (Lipinski definition) is 5. The molecule has 2 rings (SSSR count). The summed E-state index contributed by atoms with van der Waals surface area (Å²) in [7, 11) is 1.94. The molecule has 2 saturated heterocycles. The molecule has 8 heteroatoms. The molecule has 3 amide bonds. The number of aliphatic hydroxyl groups is 1. The van der Waals surface area contributed by atoms with E-state index in [1.807, 2.05) is 11.9 Å². The molecular weight excluding hydrogens is 300 g/mol.